The van der Waals surface area contributed by atoms with Gasteiger partial charge in [0.05, 0.1) is 18.2 Å². The molecule has 1 fully saturated rings. The largest absolute Gasteiger partial charge is 0.391 e. The fourth-order valence-electron chi connectivity index (χ4n) is 3.52. The normalized spacial score (nSPS) is 18.6. The second kappa shape index (κ2) is 9.21. The highest BCUT2D eigenvalue weighted by Gasteiger charge is 2.38. The molecule has 2 atom stereocenters. The summed E-state index contributed by atoms with van der Waals surface area (Å²) in [5, 5.41) is 16.6. The number of aryl methyl sites for hydroxylation is 1. The highest BCUT2D eigenvalue weighted by molar-refractivity contribution is 5.97. The lowest BCUT2D eigenvalue weighted by Crippen LogP contribution is -2.46. The van der Waals surface area contributed by atoms with Crippen LogP contribution in [0, 0.1) is 12.8 Å². The second-order valence-electron chi connectivity index (χ2n) is 8.00. The van der Waals surface area contributed by atoms with E-state index in [-0.39, 0.29) is 49.4 Å². The van der Waals surface area contributed by atoms with Crippen molar-refractivity contribution >= 4 is 17.6 Å². The predicted molar refractivity (Wildman–Crippen MR) is 109 cm³/mol. The number of ketones is 1. The molecule has 2 amide bonds. The summed E-state index contributed by atoms with van der Waals surface area (Å²) in [6.45, 7) is 5.84. The number of hydrogen-bond donors (Lipinski definition) is 2. The lowest BCUT2D eigenvalue weighted by Gasteiger charge is -2.23. The first-order chi connectivity index (χ1) is 14.2. The molecule has 2 heterocycles. The number of carbonyl (C=O) groups excluding carboxylic acids is 3. The van der Waals surface area contributed by atoms with Gasteiger partial charge in [0.25, 0.3) is 0 Å². The summed E-state index contributed by atoms with van der Waals surface area (Å²) in [6.07, 6.45) is -0.570. The first-order valence-electron chi connectivity index (χ1n) is 10.0. The van der Waals surface area contributed by atoms with Crippen LogP contribution in [0.2, 0.25) is 0 Å². The molecule has 0 saturated carbocycles. The zero-order valence-electron chi connectivity index (χ0n) is 17.4. The van der Waals surface area contributed by atoms with E-state index in [0.717, 1.165) is 5.56 Å². The number of nitrogens with one attached hydrogen (secondary N) is 1. The minimum Gasteiger partial charge on any atom is -0.391 e. The maximum Gasteiger partial charge on any atom is 0.243 e. The van der Waals surface area contributed by atoms with Crippen molar-refractivity contribution in [3.8, 4) is 0 Å². The number of Topliss-reactive ketones (excluding diaryl/α,β-unsaturated/α-hetero) is 1. The van der Waals surface area contributed by atoms with Crippen LogP contribution in [-0.4, -0.2) is 51.5 Å². The smallest absolute Gasteiger partial charge is 0.243 e. The van der Waals surface area contributed by atoms with Gasteiger partial charge in [-0.05, 0) is 12.5 Å². The van der Waals surface area contributed by atoms with Gasteiger partial charge in [-0.15, -0.1) is 0 Å². The molecule has 8 heteroatoms. The van der Waals surface area contributed by atoms with Crippen LogP contribution >= 0.6 is 0 Å². The monoisotopic (exact) mass is 413 g/mol. The van der Waals surface area contributed by atoms with Crippen molar-refractivity contribution < 1.29 is 24.0 Å². The molecule has 2 aromatic rings. The standard InChI is InChI=1S/C22H27N3O5/c1-13(2)21(28)16-6-4-15(5-7-16)11-23-22(29)19-9-17(26)12-25(19)20(27)10-18-8-14(3)24-30-18/h4-8,13,17,19,26H,9-12H2,1-3H3,(H,23,29). The van der Waals surface area contributed by atoms with Gasteiger partial charge in [0, 0.05) is 37.1 Å². The number of nitrogens with zero attached hydrogens (tertiary/aromatic N) is 2. The second-order valence-corrected chi connectivity index (χ2v) is 8.00. The lowest BCUT2D eigenvalue weighted by molar-refractivity contribution is -0.138. The molecule has 160 valence electrons. The Hall–Kier alpha value is -3.00. The SMILES string of the molecule is Cc1cc(CC(=O)N2CC(O)CC2C(=O)NCc2ccc(C(=O)C(C)C)cc2)on1. The summed E-state index contributed by atoms with van der Waals surface area (Å²) in [7, 11) is 0. The summed E-state index contributed by atoms with van der Waals surface area (Å²) < 4.78 is 5.08. The van der Waals surface area contributed by atoms with E-state index in [1.54, 1.807) is 37.3 Å². The molecular formula is C22H27N3O5. The van der Waals surface area contributed by atoms with Crippen LogP contribution in [0.3, 0.4) is 0 Å². The first kappa shape index (κ1) is 21.7. The molecule has 0 aliphatic carbocycles. The Bertz CT molecular complexity index is 919. The number of benzene rings is 1. The maximum absolute atomic E-state index is 12.7. The Kier molecular flexibility index (Phi) is 6.66. The Morgan fingerprint density at radius 1 is 1.27 bits per heavy atom. The highest BCUT2D eigenvalue weighted by Crippen LogP contribution is 2.20. The fourth-order valence-corrected chi connectivity index (χ4v) is 3.52. The van der Waals surface area contributed by atoms with E-state index < -0.39 is 12.1 Å². The third-order valence-electron chi connectivity index (χ3n) is 5.13. The summed E-state index contributed by atoms with van der Waals surface area (Å²) in [5.41, 5.74) is 2.16. The zero-order chi connectivity index (χ0) is 21.8. The first-order valence-corrected chi connectivity index (χ1v) is 10.0. The van der Waals surface area contributed by atoms with Crippen molar-refractivity contribution in [1.29, 1.82) is 0 Å². The molecule has 1 saturated heterocycles. The Balaban J connectivity index is 1.59. The molecule has 8 nitrogen and oxygen atoms in total. The zero-order valence-corrected chi connectivity index (χ0v) is 17.4. The van der Waals surface area contributed by atoms with E-state index in [1.807, 2.05) is 13.8 Å². The van der Waals surface area contributed by atoms with Crippen LogP contribution in [0.5, 0.6) is 0 Å². The van der Waals surface area contributed by atoms with E-state index in [0.29, 0.717) is 17.0 Å². The minimum absolute atomic E-state index is 0.0112. The van der Waals surface area contributed by atoms with E-state index in [4.69, 9.17) is 4.52 Å². The summed E-state index contributed by atoms with van der Waals surface area (Å²) in [5.74, 6) is -0.195. The van der Waals surface area contributed by atoms with Crippen molar-refractivity contribution in [1.82, 2.24) is 15.4 Å². The van der Waals surface area contributed by atoms with Crippen molar-refractivity contribution in [2.45, 2.75) is 52.3 Å². The summed E-state index contributed by atoms with van der Waals surface area (Å²) in [4.78, 5) is 38.7. The molecule has 1 aromatic carbocycles. The van der Waals surface area contributed by atoms with Gasteiger partial charge < -0.3 is 19.8 Å². The lowest BCUT2D eigenvalue weighted by atomic mass is 10.00. The number of aliphatic hydroxyl groups excluding tert-OH is 1. The van der Waals surface area contributed by atoms with Gasteiger partial charge in [0.2, 0.25) is 11.8 Å². The Morgan fingerprint density at radius 2 is 1.97 bits per heavy atom. The maximum atomic E-state index is 12.7. The Morgan fingerprint density at radius 3 is 2.57 bits per heavy atom. The third-order valence-corrected chi connectivity index (χ3v) is 5.13. The Labute approximate surface area is 175 Å². The molecular weight excluding hydrogens is 386 g/mol. The molecule has 3 rings (SSSR count). The van der Waals surface area contributed by atoms with Crippen LogP contribution < -0.4 is 5.32 Å². The van der Waals surface area contributed by atoms with Crippen molar-refractivity contribution in [2.75, 3.05) is 6.54 Å². The van der Waals surface area contributed by atoms with E-state index in [2.05, 4.69) is 10.5 Å². The number of amides is 2. The highest BCUT2D eigenvalue weighted by atomic mass is 16.5. The van der Waals surface area contributed by atoms with Crippen LogP contribution in [0.25, 0.3) is 0 Å². The summed E-state index contributed by atoms with van der Waals surface area (Å²) in [6, 6.07) is 8.03. The van der Waals surface area contributed by atoms with Crippen LogP contribution in [0.4, 0.5) is 0 Å². The van der Waals surface area contributed by atoms with Crippen molar-refractivity contribution in [3.05, 3.63) is 52.9 Å². The molecule has 1 aliphatic heterocycles. The topological polar surface area (TPSA) is 113 Å². The molecule has 0 radical (unpaired) electrons. The average molecular weight is 413 g/mol. The quantitative estimate of drug-likeness (QED) is 0.668. The van der Waals surface area contributed by atoms with Gasteiger partial charge in [0.1, 0.15) is 11.8 Å². The van der Waals surface area contributed by atoms with E-state index in [9.17, 15) is 19.5 Å². The molecule has 30 heavy (non-hydrogen) atoms. The van der Waals surface area contributed by atoms with E-state index >= 15 is 0 Å². The third kappa shape index (κ3) is 5.13. The molecule has 1 aromatic heterocycles. The number of aromatic nitrogens is 1. The molecule has 1 aliphatic rings. The minimum atomic E-state index is -0.748. The van der Waals surface area contributed by atoms with Gasteiger partial charge >= 0.3 is 0 Å². The van der Waals surface area contributed by atoms with Crippen molar-refractivity contribution in [2.24, 2.45) is 5.92 Å². The average Bonchev–Trinajstić information content (AvgIpc) is 3.31. The summed E-state index contributed by atoms with van der Waals surface area (Å²) >= 11 is 0. The van der Waals surface area contributed by atoms with Crippen LogP contribution in [-0.2, 0) is 22.6 Å². The van der Waals surface area contributed by atoms with Gasteiger partial charge in [-0.25, -0.2) is 0 Å². The number of aliphatic hydroxyl groups is 1. The molecule has 2 N–H and O–H groups in total. The number of rotatable bonds is 7. The molecule has 0 bridgehead atoms. The van der Waals surface area contributed by atoms with Gasteiger partial charge in [-0.3, -0.25) is 14.4 Å². The van der Waals surface area contributed by atoms with Crippen LogP contribution in [0.1, 0.15) is 47.6 Å². The molecule has 2 unspecified atom stereocenters. The molecule has 0 spiro atoms. The number of likely N-dealkylation sites (tertiary alicyclic amines) is 1. The predicted octanol–water partition coefficient (Wildman–Crippen LogP) is 1.64. The number of β-amino-alcohol motifs (C(OH)–C–C–N with tert-alkyl or cyclic N) is 1. The van der Waals surface area contributed by atoms with Gasteiger partial charge in [-0.1, -0.05) is 43.3 Å². The van der Waals surface area contributed by atoms with Crippen LogP contribution in [0.15, 0.2) is 34.9 Å². The van der Waals surface area contributed by atoms with Gasteiger partial charge in [-0.2, -0.15) is 0 Å². The van der Waals surface area contributed by atoms with Gasteiger partial charge in [0.15, 0.2) is 5.78 Å². The number of carbonyl (C=O) groups is 3. The fraction of sp³-hybridized carbons (Fsp3) is 0.455. The van der Waals surface area contributed by atoms with E-state index in [1.165, 1.54) is 4.90 Å². The van der Waals surface area contributed by atoms with Crippen molar-refractivity contribution in [3.63, 3.8) is 0 Å². The number of hydrogen-bond acceptors (Lipinski definition) is 6.